The third kappa shape index (κ3) is 1.19. The second-order valence-corrected chi connectivity index (χ2v) is 3.31. The maximum atomic E-state index is 5.86. The van der Waals surface area contributed by atoms with E-state index in [0.717, 1.165) is 21.9 Å². The van der Waals surface area contributed by atoms with Crippen LogP contribution >= 0.6 is 0 Å². The maximum absolute atomic E-state index is 5.86. The predicted molar refractivity (Wildman–Crippen MR) is 59.3 cm³/mol. The zero-order chi connectivity index (χ0) is 10.3. The second-order valence-electron chi connectivity index (χ2n) is 3.31. The average molecular weight is 196 g/mol. The van der Waals surface area contributed by atoms with Gasteiger partial charge in [-0.15, -0.1) is 0 Å². The first kappa shape index (κ1) is 8.11. The molecule has 0 atom stereocenters. The minimum Gasteiger partial charge on any atom is -0.398 e. The van der Waals surface area contributed by atoms with E-state index in [4.69, 9.17) is 5.73 Å². The van der Waals surface area contributed by atoms with Crippen molar-refractivity contribution in [3.05, 3.63) is 36.8 Å². The van der Waals surface area contributed by atoms with E-state index in [0.29, 0.717) is 5.69 Å². The van der Waals surface area contributed by atoms with Gasteiger partial charge in [-0.3, -0.25) is 15.0 Å². The Balaban J connectivity index is 2.53. The summed E-state index contributed by atoms with van der Waals surface area (Å²) in [4.78, 5) is 12.7. The summed E-state index contributed by atoms with van der Waals surface area (Å²) in [6.45, 7) is 0. The van der Waals surface area contributed by atoms with Gasteiger partial charge in [0.15, 0.2) is 0 Å². The Morgan fingerprint density at radius 1 is 0.800 bits per heavy atom. The van der Waals surface area contributed by atoms with Gasteiger partial charge in [0.25, 0.3) is 0 Å². The summed E-state index contributed by atoms with van der Waals surface area (Å²) in [5, 5.41) is 0.922. The van der Waals surface area contributed by atoms with Crippen LogP contribution < -0.4 is 5.73 Å². The van der Waals surface area contributed by atoms with Crippen molar-refractivity contribution in [3.63, 3.8) is 0 Å². The minimum atomic E-state index is 0.715. The van der Waals surface area contributed by atoms with E-state index in [-0.39, 0.29) is 0 Å². The molecular weight excluding hydrogens is 188 g/mol. The number of rotatable bonds is 0. The summed E-state index contributed by atoms with van der Waals surface area (Å²) >= 11 is 0. The van der Waals surface area contributed by atoms with E-state index >= 15 is 0 Å². The Hall–Kier alpha value is -2.23. The molecule has 0 unspecified atom stereocenters. The molecule has 0 saturated carbocycles. The van der Waals surface area contributed by atoms with Crippen LogP contribution in [-0.4, -0.2) is 15.0 Å². The molecular formula is C11H8N4. The van der Waals surface area contributed by atoms with Gasteiger partial charge in [0.05, 0.1) is 16.6 Å². The van der Waals surface area contributed by atoms with Crippen molar-refractivity contribution < 1.29 is 0 Å². The average Bonchev–Trinajstić information content (AvgIpc) is 2.27. The van der Waals surface area contributed by atoms with Crippen LogP contribution in [0.25, 0.3) is 21.9 Å². The van der Waals surface area contributed by atoms with E-state index in [9.17, 15) is 0 Å². The van der Waals surface area contributed by atoms with E-state index in [2.05, 4.69) is 15.0 Å². The van der Waals surface area contributed by atoms with Crippen LogP contribution in [0.5, 0.6) is 0 Å². The second kappa shape index (κ2) is 2.88. The van der Waals surface area contributed by atoms with Crippen LogP contribution in [0.4, 0.5) is 5.69 Å². The van der Waals surface area contributed by atoms with Crippen LogP contribution in [0.1, 0.15) is 0 Å². The van der Waals surface area contributed by atoms with E-state index in [1.165, 1.54) is 0 Å². The Bertz CT molecular complexity index is 648. The number of aromatic nitrogens is 3. The molecule has 2 aromatic heterocycles. The van der Waals surface area contributed by atoms with Crippen molar-refractivity contribution in [2.75, 3.05) is 5.73 Å². The van der Waals surface area contributed by atoms with Crippen molar-refractivity contribution in [3.8, 4) is 0 Å². The Morgan fingerprint density at radius 3 is 2.27 bits per heavy atom. The van der Waals surface area contributed by atoms with E-state index < -0.39 is 0 Å². The normalized spacial score (nSPS) is 10.9. The van der Waals surface area contributed by atoms with Gasteiger partial charge in [0.1, 0.15) is 0 Å². The first-order chi connectivity index (χ1) is 7.34. The lowest BCUT2D eigenvalue weighted by molar-refractivity contribution is 1.29. The molecule has 3 aromatic rings. The first-order valence-corrected chi connectivity index (χ1v) is 4.59. The number of nitrogens with two attached hydrogens (primary N) is 1. The van der Waals surface area contributed by atoms with Crippen LogP contribution in [-0.2, 0) is 0 Å². The standard InChI is InChI=1S/C11H8N4/c12-8-1-2-13-9-6-11-10(5-7(8)9)14-3-4-15-11/h1-6H,(H2,12,13). The Labute approximate surface area is 85.8 Å². The highest BCUT2D eigenvalue weighted by Crippen LogP contribution is 2.22. The first-order valence-electron chi connectivity index (χ1n) is 4.59. The third-order valence-electron chi connectivity index (χ3n) is 2.37. The van der Waals surface area contributed by atoms with Gasteiger partial charge in [-0.2, -0.15) is 0 Å². The molecule has 0 spiro atoms. The van der Waals surface area contributed by atoms with Gasteiger partial charge in [-0.1, -0.05) is 0 Å². The van der Waals surface area contributed by atoms with Crippen LogP contribution in [0.2, 0.25) is 0 Å². The molecule has 0 aliphatic carbocycles. The summed E-state index contributed by atoms with van der Waals surface area (Å²) < 4.78 is 0. The molecule has 0 saturated heterocycles. The number of benzene rings is 1. The fourth-order valence-electron chi connectivity index (χ4n) is 1.63. The predicted octanol–water partition coefficient (Wildman–Crippen LogP) is 1.76. The molecule has 0 fully saturated rings. The van der Waals surface area contributed by atoms with Crippen molar-refractivity contribution in [2.24, 2.45) is 0 Å². The number of fused-ring (bicyclic) bond motifs is 2. The molecule has 2 N–H and O–H groups in total. The molecule has 72 valence electrons. The molecule has 0 radical (unpaired) electrons. The molecule has 4 nitrogen and oxygen atoms in total. The van der Waals surface area contributed by atoms with Crippen LogP contribution in [0.15, 0.2) is 36.8 Å². The van der Waals surface area contributed by atoms with Gasteiger partial charge < -0.3 is 5.73 Å². The molecule has 0 aliphatic rings. The molecule has 0 bridgehead atoms. The number of hydrogen-bond acceptors (Lipinski definition) is 4. The Morgan fingerprint density at radius 2 is 1.47 bits per heavy atom. The van der Waals surface area contributed by atoms with Gasteiger partial charge in [-0.25, -0.2) is 0 Å². The van der Waals surface area contributed by atoms with Crippen LogP contribution in [0, 0.1) is 0 Å². The zero-order valence-electron chi connectivity index (χ0n) is 7.88. The summed E-state index contributed by atoms with van der Waals surface area (Å²) in [5.74, 6) is 0. The summed E-state index contributed by atoms with van der Waals surface area (Å²) in [5.41, 5.74) is 9.10. The van der Waals surface area contributed by atoms with Crippen LogP contribution in [0.3, 0.4) is 0 Å². The van der Waals surface area contributed by atoms with E-state index in [1.54, 1.807) is 24.7 Å². The lowest BCUT2D eigenvalue weighted by Crippen LogP contribution is -1.90. The number of nitrogens with zero attached hydrogens (tertiary/aromatic N) is 3. The molecule has 4 heteroatoms. The summed E-state index contributed by atoms with van der Waals surface area (Å²) in [7, 11) is 0. The SMILES string of the molecule is Nc1ccnc2cc3nccnc3cc12. The van der Waals surface area contributed by atoms with Gasteiger partial charge in [0.2, 0.25) is 0 Å². The molecule has 2 heterocycles. The van der Waals surface area contributed by atoms with Crippen molar-refractivity contribution in [1.82, 2.24) is 15.0 Å². The monoisotopic (exact) mass is 196 g/mol. The molecule has 3 rings (SSSR count). The molecule has 1 aromatic carbocycles. The highest BCUT2D eigenvalue weighted by Gasteiger charge is 2.02. The number of hydrogen-bond donors (Lipinski definition) is 1. The molecule has 15 heavy (non-hydrogen) atoms. The lowest BCUT2D eigenvalue weighted by atomic mass is 10.1. The smallest absolute Gasteiger partial charge is 0.0908 e. The highest BCUT2D eigenvalue weighted by atomic mass is 14.8. The zero-order valence-corrected chi connectivity index (χ0v) is 7.88. The fourth-order valence-corrected chi connectivity index (χ4v) is 1.63. The molecule has 0 aliphatic heterocycles. The van der Waals surface area contributed by atoms with Crippen molar-refractivity contribution in [1.29, 1.82) is 0 Å². The van der Waals surface area contributed by atoms with Gasteiger partial charge in [-0.05, 0) is 18.2 Å². The largest absolute Gasteiger partial charge is 0.398 e. The van der Waals surface area contributed by atoms with Crippen molar-refractivity contribution in [2.45, 2.75) is 0 Å². The summed E-state index contributed by atoms with van der Waals surface area (Å²) in [6, 6.07) is 5.60. The quantitative estimate of drug-likeness (QED) is 0.556. The number of nitrogen functional groups attached to an aromatic ring is 1. The third-order valence-corrected chi connectivity index (χ3v) is 2.37. The fraction of sp³-hybridized carbons (Fsp3) is 0. The maximum Gasteiger partial charge on any atom is 0.0908 e. The van der Waals surface area contributed by atoms with E-state index in [1.807, 2.05) is 12.1 Å². The Kier molecular flexibility index (Phi) is 1.56. The highest BCUT2D eigenvalue weighted by molar-refractivity contribution is 5.98. The molecule has 0 amide bonds. The lowest BCUT2D eigenvalue weighted by Gasteiger charge is -2.02. The number of pyridine rings is 1. The minimum absolute atomic E-state index is 0.715. The van der Waals surface area contributed by atoms with Crippen molar-refractivity contribution >= 4 is 27.6 Å². The van der Waals surface area contributed by atoms with Gasteiger partial charge in [0, 0.05) is 29.7 Å². The summed E-state index contributed by atoms with van der Waals surface area (Å²) in [6.07, 6.45) is 5.03. The topological polar surface area (TPSA) is 64.7 Å². The van der Waals surface area contributed by atoms with Gasteiger partial charge >= 0.3 is 0 Å². The number of anilines is 1.